The van der Waals surface area contributed by atoms with Gasteiger partial charge in [0.25, 0.3) is 11.8 Å². The summed E-state index contributed by atoms with van der Waals surface area (Å²) in [5.41, 5.74) is 1.07. The summed E-state index contributed by atoms with van der Waals surface area (Å²) in [5.74, 6) is 0.116. The van der Waals surface area contributed by atoms with Crippen molar-refractivity contribution in [1.29, 1.82) is 0 Å². The van der Waals surface area contributed by atoms with E-state index in [1.54, 1.807) is 31.2 Å². The Morgan fingerprint density at radius 2 is 2.39 bits per heavy atom. The number of nitrogens with one attached hydrogen (secondary N) is 2. The lowest BCUT2D eigenvalue weighted by atomic mass is 10.1. The predicted molar refractivity (Wildman–Crippen MR) is 67.7 cm³/mol. The van der Waals surface area contributed by atoms with E-state index in [2.05, 4.69) is 17.2 Å². The molecule has 5 heteroatoms. The monoisotopic (exact) mass is 246 g/mol. The number of anilines is 1. The normalized spacial score (nSPS) is 17.2. The fourth-order valence-electron chi connectivity index (χ4n) is 1.61. The smallest absolute Gasteiger partial charge is 0.265 e. The number of carbonyl (C=O) groups excluding carboxylic acids is 2. The Bertz CT molecular complexity index is 511. The molecule has 2 N–H and O–H groups in total. The van der Waals surface area contributed by atoms with E-state index >= 15 is 0 Å². The molecule has 94 valence electrons. The lowest BCUT2D eigenvalue weighted by Gasteiger charge is -2.23. The quantitative estimate of drug-likeness (QED) is 0.790. The van der Waals surface area contributed by atoms with Crippen LogP contribution in [0, 0.1) is 0 Å². The molecular weight excluding hydrogens is 232 g/mol. The van der Waals surface area contributed by atoms with Crippen molar-refractivity contribution < 1.29 is 14.3 Å². The van der Waals surface area contributed by atoms with Crippen molar-refractivity contribution in [3.63, 3.8) is 0 Å². The van der Waals surface area contributed by atoms with Gasteiger partial charge in [-0.15, -0.1) is 6.58 Å². The molecule has 1 aromatic rings. The van der Waals surface area contributed by atoms with Crippen LogP contribution in [0.15, 0.2) is 30.9 Å². The van der Waals surface area contributed by atoms with Gasteiger partial charge in [0.2, 0.25) is 0 Å². The maximum atomic E-state index is 11.7. The molecule has 1 aliphatic rings. The van der Waals surface area contributed by atoms with Gasteiger partial charge in [-0.25, -0.2) is 0 Å². The van der Waals surface area contributed by atoms with Gasteiger partial charge in [-0.1, -0.05) is 6.08 Å². The minimum atomic E-state index is -0.552. The number of hydrogen-bond acceptors (Lipinski definition) is 3. The summed E-state index contributed by atoms with van der Waals surface area (Å²) in [4.78, 5) is 23.1. The minimum absolute atomic E-state index is 0.189. The van der Waals surface area contributed by atoms with Gasteiger partial charge < -0.3 is 15.4 Å². The van der Waals surface area contributed by atoms with Gasteiger partial charge in [0, 0.05) is 12.1 Å². The van der Waals surface area contributed by atoms with Crippen LogP contribution in [-0.4, -0.2) is 24.5 Å². The molecule has 0 fully saturated rings. The lowest BCUT2D eigenvalue weighted by Crippen LogP contribution is -2.34. The molecule has 2 rings (SSSR count). The highest BCUT2D eigenvalue weighted by Crippen LogP contribution is 2.30. The molecule has 1 aliphatic heterocycles. The molecule has 0 spiro atoms. The van der Waals surface area contributed by atoms with Crippen LogP contribution in [-0.2, 0) is 4.79 Å². The van der Waals surface area contributed by atoms with Crippen molar-refractivity contribution in [2.45, 2.75) is 13.0 Å². The zero-order valence-corrected chi connectivity index (χ0v) is 10.0. The van der Waals surface area contributed by atoms with E-state index in [-0.39, 0.29) is 11.8 Å². The topological polar surface area (TPSA) is 67.4 Å². The van der Waals surface area contributed by atoms with Crippen molar-refractivity contribution in [2.24, 2.45) is 0 Å². The maximum absolute atomic E-state index is 11.7. The molecular formula is C13H14N2O3. The summed E-state index contributed by atoms with van der Waals surface area (Å²) in [6, 6.07) is 4.91. The molecule has 1 atom stereocenters. The van der Waals surface area contributed by atoms with Crippen LogP contribution in [0.3, 0.4) is 0 Å². The Labute approximate surface area is 105 Å². The van der Waals surface area contributed by atoms with E-state index in [0.29, 0.717) is 23.5 Å². The first-order chi connectivity index (χ1) is 8.61. The summed E-state index contributed by atoms with van der Waals surface area (Å²) in [5, 5.41) is 5.38. The molecule has 0 bridgehead atoms. The van der Waals surface area contributed by atoms with E-state index in [1.165, 1.54) is 0 Å². The molecule has 1 unspecified atom stereocenters. The van der Waals surface area contributed by atoms with Gasteiger partial charge in [-0.2, -0.15) is 0 Å². The van der Waals surface area contributed by atoms with Crippen molar-refractivity contribution >= 4 is 17.5 Å². The van der Waals surface area contributed by atoms with E-state index in [9.17, 15) is 9.59 Å². The Hall–Kier alpha value is -2.30. The average molecular weight is 246 g/mol. The summed E-state index contributed by atoms with van der Waals surface area (Å²) >= 11 is 0. The molecule has 0 aliphatic carbocycles. The Morgan fingerprint density at radius 1 is 1.61 bits per heavy atom. The third-order valence-corrected chi connectivity index (χ3v) is 2.58. The van der Waals surface area contributed by atoms with Crippen molar-refractivity contribution in [2.75, 3.05) is 11.9 Å². The summed E-state index contributed by atoms with van der Waals surface area (Å²) in [7, 11) is 0. The zero-order chi connectivity index (χ0) is 13.1. The number of amides is 2. The molecule has 0 aromatic heterocycles. The highest BCUT2D eigenvalue weighted by molar-refractivity contribution is 6.00. The van der Waals surface area contributed by atoms with Crippen LogP contribution in [0.4, 0.5) is 5.69 Å². The molecule has 0 radical (unpaired) electrons. The van der Waals surface area contributed by atoms with Crippen molar-refractivity contribution in [1.82, 2.24) is 5.32 Å². The van der Waals surface area contributed by atoms with E-state index in [0.717, 1.165) is 0 Å². The van der Waals surface area contributed by atoms with Crippen molar-refractivity contribution in [3.05, 3.63) is 36.4 Å². The molecule has 0 saturated carbocycles. The fourth-order valence-corrected chi connectivity index (χ4v) is 1.61. The molecule has 2 amide bonds. The second kappa shape index (κ2) is 4.91. The third-order valence-electron chi connectivity index (χ3n) is 2.58. The summed E-state index contributed by atoms with van der Waals surface area (Å²) < 4.78 is 5.43. The minimum Gasteiger partial charge on any atom is -0.479 e. The van der Waals surface area contributed by atoms with E-state index < -0.39 is 6.10 Å². The van der Waals surface area contributed by atoms with Crippen LogP contribution in [0.25, 0.3) is 0 Å². The van der Waals surface area contributed by atoms with E-state index in [4.69, 9.17) is 4.74 Å². The number of carbonyl (C=O) groups is 2. The molecule has 1 heterocycles. The number of ether oxygens (including phenoxy) is 1. The van der Waals surface area contributed by atoms with E-state index in [1.807, 2.05) is 0 Å². The zero-order valence-electron chi connectivity index (χ0n) is 10.0. The van der Waals surface area contributed by atoms with Gasteiger partial charge in [0.15, 0.2) is 6.10 Å². The average Bonchev–Trinajstić information content (AvgIpc) is 2.36. The van der Waals surface area contributed by atoms with Crippen LogP contribution < -0.4 is 15.4 Å². The van der Waals surface area contributed by atoms with Crippen LogP contribution >= 0.6 is 0 Å². The Kier molecular flexibility index (Phi) is 3.32. The van der Waals surface area contributed by atoms with Gasteiger partial charge >= 0.3 is 0 Å². The third kappa shape index (κ3) is 2.34. The van der Waals surface area contributed by atoms with Crippen LogP contribution in [0.2, 0.25) is 0 Å². The summed E-state index contributed by atoms with van der Waals surface area (Å²) in [6.45, 7) is 5.59. The largest absolute Gasteiger partial charge is 0.479 e. The Balaban J connectivity index is 2.22. The maximum Gasteiger partial charge on any atom is 0.265 e. The standard InChI is InChI=1S/C13H14N2O3/c1-3-6-14-13(17)9-4-5-10-11(7-9)18-8(2)12(16)15-10/h3-5,7-8H,1,6H2,2H3,(H,14,17)(H,15,16). The second-order valence-corrected chi connectivity index (χ2v) is 3.96. The lowest BCUT2D eigenvalue weighted by molar-refractivity contribution is -0.122. The Morgan fingerprint density at radius 3 is 3.11 bits per heavy atom. The summed E-state index contributed by atoms with van der Waals surface area (Å²) in [6.07, 6.45) is 1.05. The van der Waals surface area contributed by atoms with Crippen molar-refractivity contribution in [3.8, 4) is 5.75 Å². The van der Waals surface area contributed by atoms with Gasteiger partial charge in [0.05, 0.1) is 5.69 Å². The SMILES string of the molecule is C=CCNC(=O)c1ccc2c(c1)OC(C)C(=O)N2. The first kappa shape index (κ1) is 12.2. The number of benzene rings is 1. The highest BCUT2D eigenvalue weighted by atomic mass is 16.5. The van der Waals surface area contributed by atoms with Gasteiger partial charge in [-0.05, 0) is 25.1 Å². The molecule has 1 aromatic carbocycles. The number of hydrogen-bond donors (Lipinski definition) is 2. The van der Waals surface area contributed by atoms with Gasteiger partial charge in [-0.3, -0.25) is 9.59 Å². The predicted octanol–water partition coefficient (Wildman–Crippen LogP) is 1.32. The first-order valence-electron chi connectivity index (χ1n) is 5.62. The highest BCUT2D eigenvalue weighted by Gasteiger charge is 2.24. The van der Waals surface area contributed by atoms with Crippen LogP contribution in [0.1, 0.15) is 17.3 Å². The molecule has 18 heavy (non-hydrogen) atoms. The van der Waals surface area contributed by atoms with Crippen LogP contribution in [0.5, 0.6) is 5.75 Å². The second-order valence-electron chi connectivity index (χ2n) is 3.96. The fraction of sp³-hybridized carbons (Fsp3) is 0.231. The molecule has 0 saturated heterocycles. The molecule has 5 nitrogen and oxygen atoms in total. The number of fused-ring (bicyclic) bond motifs is 1. The number of rotatable bonds is 3. The first-order valence-corrected chi connectivity index (χ1v) is 5.62. The van der Waals surface area contributed by atoms with Gasteiger partial charge in [0.1, 0.15) is 5.75 Å².